The molecule has 3 aromatic rings. The van der Waals surface area contributed by atoms with Gasteiger partial charge in [0.25, 0.3) is 0 Å². The fourth-order valence-electron chi connectivity index (χ4n) is 2.31. The third kappa shape index (κ3) is 2.91. The van der Waals surface area contributed by atoms with Crippen LogP contribution < -0.4 is 5.43 Å². The van der Waals surface area contributed by atoms with Gasteiger partial charge >= 0.3 is 0 Å². The van der Waals surface area contributed by atoms with Crippen molar-refractivity contribution >= 4 is 66.0 Å². The second kappa shape index (κ2) is 6.13. The minimum absolute atomic E-state index is 0.0242. The van der Waals surface area contributed by atoms with Crippen molar-refractivity contribution in [3.8, 4) is 17.1 Å². The van der Waals surface area contributed by atoms with Crippen molar-refractivity contribution < 1.29 is 9.52 Å². The first-order valence-electron chi connectivity index (χ1n) is 6.40. The lowest BCUT2D eigenvalue weighted by Crippen LogP contribution is -2.07. The SMILES string of the molecule is Cc1c(-c2cc(Br)cc(Br)c2O)oc2c(Cl)cc(Cl)cc2c1=O. The van der Waals surface area contributed by atoms with Gasteiger partial charge in [-0.15, -0.1) is 0 Å². The zero-order chi connectivity index (χ0) is 16.9. The van der Waals surface area contributed by atoms with E-state index in [1.807, 2.05) is 0 Å². The van der Waals surface area contributed by atoms with Crippen molar-refractivity contribution in [3.05, 3.63) is 59.0 Å². The van der Waals surface area contributed by atoms with Gasteiger partial charge in [0, 0.05) is 15.1 Å². The largest absolute Gasteiger partial charge is 0.506 e. The molecule has 0 atom stereocenters. The molecule has 3 rings (SSSR count). The second-order valence-corrected chi connectivity index (χ2v) is 7.55. The molecule has 118 valence electrons. The highest BCUT2D eigenvalue weighted by molar-refractivity contribution is 9.11. The van der Waals surface area contributed by atoms with Crippen LogP contribution in [0.1, 0.15) is 5.56 Å². The molecule has 0 saturated carbocycles. The fraction of sp³-hybridized carbons (Fsp3) is 0.0625. The van der Waals surface area contributed by atoms with Crippen LogP contribution in [0.2, 0.25) is 10.0 Å². The number of phenolic OH excluding ortho intramolecular Hbond substituents is 1. The van der Waals surface area contributed by atoms with Crippen molar-refractivity contribution in [2.45, 2.75) is 6.92 Å². The molecular weight excluding hydrogens is 471 g/mol. The number of fused-ring (bicyclic) bond motifs is 1. The van der Waals surface area contributed by atoms with E-state index in [1.54, 1.807) is 19.1 Å². The van der Waals surface area contributed by atoms with Gasteiger partial charge in [0.15, 0.2) is 11.0 Å². The molecule has 3 nitrogen and oxygen atoms in total. The summed E-state index contributed by atoms with van der Waals surface area (Å²) in [7, 11) is 0. The summed E-state index contributed by atoms with van der Waals surface area (Å²) in [6.07, 6.45) is 0. The molecule has 0 unspecified atom stereocenters. The lowest BCUT2D eigenvalue weighted by atomic mass is 10.0. The van der Waals surface area contributed by atoms with Crippen LogP contribution in [0, 0.1) is 6.92 Å². The van der Waals surface area contributed by atoms with Crippen LogP contribution >= 0.6 is 55.1 Å². The second-order valence-electron chi connectivity index (χ2n) is 4.93. The molecule has 1 aromatic heterocycles. The molecule has 0 bridgehead atoms. The van der Waals surface area contributed by atoms with Gasteiger partial charge < -0.3 is 9.52 Å². The van der Waals surface area contributed by atoms with Crippen LogP contribution in [0.3, 0.4) is 0 Å². The number of hydrogen-bond donors (Lipinski definition) is 1. The molecule has 0 aliphatic rings. The lowest BCUT2D eigenvalue weighted by Gasteiger charge is -2.11. The van der Waals surface area contributed by atoms with Gasteiger partial charge in [-0.05, 0) is 47.1 Å². The molecule has 0 spiro atoms. The monoisotopic (exact) mass is 476 g/mol. The Morgan fingerprint density at radius 3 is 2.52 bits per heavy atom. The molecule has 0 fully saturated rings. The first-order chi connectivity index (χ1) is 10.8. The van der Waals surface area contributed by atoms with E-state index in [2.05, 4.69) is 31.9 Å². The molecule has 0 saturated heterocycles. The summed E-state index contributed by atoms with van der Waals surface area (Å²) in [5.74, 6) is 0.232. The molecule has 0 aliphatic carbocycles. The van der Waals surface area contributed by atoms with Crippen LogP contribution in [0.25, 0.3) is 22.3 Å². The zero-order valence-corrected chi connectivity index (χ0v) is 16.3. The minimum Gasteiger partial charge on any atom is -0.506 e. The van der Waals surface area contributed by atoms with E-state index in [0.29, 0.717) is 26.0 Å². The maximum absolute atomic E-state index is 12.6. The molecule has 0 radical (unpaired) electrons. The number of aromatic hydroxyl groups is 1. The Morgan fingerprint density at radius 2 is 1.83 bits per heavy atom. The first-order valence-corrected chi connectivity index (χ1v) is 8.74. The van der Waals surface area contributed by atoms with Gasteiger partial charge in [0.05, 0.1) is 20.4 Å². The number of phenols is 1. The van der Waals surface area contributed by atoms with Crippen molar-refractivity contribution in [1.82, 2.24) is 0 Å². The van der Waals surface area contributed by atoms with Crippen LogP contribution in [-0.4, -0.2) is 5.11 Å². The molecule has 1 heterocycles. The summed E-state index contributed by atoms with van der Waals surface area (Å²) in [4.78, 5) is 12.6. The highest BCUT2D eigenvalue weighted by Gasteiger charge is 2.19. The highest BCUT2D eigenvalue weighted by atomic mass is 79.9. The molecule has 7 heteroatoms. The number of halogens is 4. The normalized spacial score (nSPS) is 11.2. The van der Waals surface area contributed by atoms with E-state index in [4.69, 9.17) is 27.6 Å². The van der Waals surface area contributed by atoms with Gasteiger partial charge in [-0.1, -0.05) is 39.1 Å². The summed E-state index contributed by atoms with van der Waals surface area (Å²) in [5, 5.41) is 11.2. The van der Waals surface area contributed by atoms with E-state index >= 15 is 0 Å². The van der Waals surface area contributed by atoms with E-state index in [-0.39, 0.29) is 27.5 Å². The lowest BCUT2D eigenvalue weighted by molar-refractivity contribution is 0.470. The summed E-state index contributed by atoms with van der Waals surface area (Å²) < 4.78 is 7.05. The van der Waals surface area contributed by atoms with Crippen molar-refractivity contribution in [1.29, 1.82) is 0 Å². The Kier molecular flexibility index (Phi) is 4.49. The zero-order valence-electron chi connectivity index (χ0n) is 11.6. The molecular formula is C16H8Br2Cl2O3. The molecule has 0 amide bonds. The maximum atomic E-state index is 12.6. The summed E-state index contributed by atoms with van der Waals surface area (Å²) >= 11 is 18.7. The van der Waals surface area contributed by atoms with Crippen molar-refractivity contribution in [2.24, 2.45) is 0 Å². The van der Waals surface area contributed by atoms with E-state index in [0.717, 1.165) is 4.47 Å². The van der Waals surface area contributed by atoms with Gasteiger partial charge in [-0.3, -0.25) is 4.79 Å². The Balaban J connectivity index is 2.45. The summed E-state index contributed by atoms with van der Waals surface area (Å²) in [6, 6.07) is 6.38. The molecule has 1 N–H and O–H groups in total. The first kappa shape index (κ1) is 16.8. The van der Waals surface area contributed by atoms with Crippen LogP contribution in [0.15, 0.2) is 42.4 Å². The Morgan fingerprint density at radius 1 is 1.13 bits per heavy atom. The van der Waals surface area contributed by atoms with Crippen LogP contribution in [0.5, 0.6) is 5.75 Å². The topological polar surface area (TPSA) is 50.4 Å². The number of hydrogen-bond acceptors (Lipinski definition) is 3. The fourth-order valence-corrected chi connectivity index (χ4v) is 4.07. The maximum Gasteiger partial charge on any atom is 0.196 e. The standard InChI is InChI=1S/C16H8Br2Cl2O3/c1-6-13(21)10-4-8(19)5-12(20)16(10)23-15(6)9-2-7(17)3-11(18)14(9)22/h2-5,22H,1H3. The number of rotatable bonds is 1. The third-order valence-electron chi connectivity index (χ3n) is 3.41. The smallest absolute Gasteiger partial charge is 0.196 e. The average Bonchev–Trinajstić information content (AvgIpc) is 2.47. The van der Waals surface area contributed by atoms with Gasteiger partial charge in [-0.2, -0.15) is 0 Å². The Hall–Kier alpha value is -1.01. The third-order valence-corrected chi connectivity index (χ3v) is 4.97. The van der Waals surface area contributed by atoms with Crippen LogP contribution in [-0.2, 0) is 0 Å². The van der Waals surface area contributed by atoms with E-state index < -0.39 is 0 Å². The Bertz CT molecular complexity index is 1010. The predicted octanol–water partition coefficient (Wildman–Crippen LogP) is 6.31. The van der Waals surface area contributed by atoms with Gasteiger partial charge in [0.2, 0.25) is 0 Å². The Labute approximate surface area is 158 Å². The molecule has 23 heavy (non-hydrogen) atoms. The highest BCUT2D eigenvalue weighted by Crippen LogP contribution is 2.40. The van der Waals surface area contributed by atoms with Crippen molar-refractivity contribution in [3.63, 3.8) is 0 Å². The molecule has 2 aromatic carbocycles. The van der Waals surface area contributed by atoms with Gasteiger partial charge in [-0.25, -0.2) is 0 Å². The van der Waals surface area contributed by atoms with E-state index in [9.17, 15) is 9.90 Å². The summed E-state index contributed by atoms with van der Waals surface area (Å²) in [6.45, 7) is 1.63. The quantitative estimate of drug-likeness (QED) is 0.446. The average molecular weight is 479 g/mol. The number of benzene rings is 2. The van der Waals surface area contributed by atoms with Crippen molar-refractivity contribution in [2.75, 3.05) is 0 Å². The van der Waals surface area contributed by atoms with Crippen LogP contribution in [0.4, 0.5) is 0 Å². The van der Waals surface area contributed by atoms with Gasteiger partial charge in [0.1, 0.15) is 11.5 Å². The van der Waals surface area contributed by atoms with E-state index in [1.165, 1.54) is 12.1 Å². The minimum atomic E-state index is -0.249. The summed E-state index contributed by atoms with van der Waals surface area (Å²) in [5.41, 5.74) is 0.725. The molecule has 0 aliphatic heterocycles. The predicted molar refractivity (Wildman–Crippen MR) is 99.7 cm³/mol.